The van der Waals surface area contributed by atoms with Crippen LogP contribution in [0.25, 0.3) is 0 Å². The zero-order valence-corrected chi connectivity index (χ0v) is 10.9. The van der Waals surface area contributed by atoms with E-state index in [-0.39, 0.29) is 10.6 Å². The molecule has 18 heavy (non-hydrogen) atoms. The first kappa shape index (κ1) is 12.9. The topological polar surface area (TPSA) is 68.1 Å². The number of halogens is 1. The second-order valence-corrected chi connectivity index (χ2v) is 5.29. The van der Waals surface area contributed by atoms with Gasteiger partial charge in [-0.05, 0) is 0 Å². The molecule has 0 aliphatic heterocycles. The lowest BCUT2D eigenvalue weighted by molar-refractivity contribution is -0.385. The van der Waals surface area contributed by atoms with Crippen molar-refractivity contribution in [2.45, 2.75) is 13.1 Å². The molecule has 0 bridgehead atoms. The summed E-state index contributed by atoms with van der Waals surface area (Å²) < 4.78 is 0.637. The standard InChI is InChI=1S/C11H10ClN3O2S/c12-10-6-14-11(18-10)7-13-5-8-3-1-2-4-9(8)15(16)17/h1-4,6,13H,5,7H2. The molecule has 0 spiro atoms. The SMILES string of the molecule is O=[N+]([O-])c1ccccc1CNCc1ncc(Cl)s1. The maximum Gasteiger partial charge on any atom is 0.273 e. The van der Waals surface area contributed by atoms with Gasteiger partial charge in [0.1, 0.15) is 9.34 Å². The molecule has 0 unspecified atom stereocenters. The van der Waals surface area contributed by atoms with Gasteiger partial charge in [-0.3, -0.25) is 10.1 Å². The molecule has 0 saturated heterocycles. The lowest BCUT2D eigenvalue weighted by Crippen LogP contribution is -2.13. The first-order valence-electron chi connectivity index (χ1n) is 5.20. The second kappa shape index (κ2) is 5.90. The quantitative estimate of drug-likeness (QED) is 0.676. The van der Waals surface area contributed by atoms with Gasteiger partial charge in [-0.2, -0.15) is 0 Å². The summed E-state index contributed by atoms with van der Waals surface area (Å²) in [7, 11) is 0. The third kappa shape index (κ3) is 3.25. The highest BCUT2D eigenvalue weighted by Crippen LogP contribution is 2.19. The number of aromatic nitrogens is 1. The van der Waals surface area contributed by atoms with Gasteiger partial charge >= 0.3 is 0 Å². The summed E-state index contributed by atoms with van der Waals surface area (Å²) in [5.41, 5.74) is 0.785. The number of nitro benzene ring substituents is 1. The average molecular weight is 284 g/mol. The van der Waals surface area contributed by atoms with Crippen LogP contribution in [-0.4, -0.2) is 9.91 Å². The van der Waals surface area contributed by atoms with Gasteiger partial charge in [0.05, 0.1) is 11.1 Å². The summed E-state index contributed by atoms with van der Waals surface area (Å²) in [6.45, 7) is 0.970. The third-order valence-electron chi connectivity index (χ3n) is 2.31. The fourth-order valence-electron chi connectivity index (χ4n) is 1.51. The number of thiazole rings is 1. The van der Waals surface area contributed by atoms with E-state index < -0.39 is 0 Å². The molecule has 7 heteroatoms. The van der Waals surface area contributed by atoms with E-state index in [1.165, 1.54) is 17.4 Å². The largest absolute Gasteiger partial charge is 0.306 e. The van der Waals surface area contributed by atoms with E-state index in [9.17, 15) is 10.1 Å². The Kier molecular flexibility index (Phi) is 4.24. The Labute approximate surface area is 113 Å². The monoisotopic (exact) mass is 283 g/mol. The lowest BCUT2D eigenvalue weighted by Gasteiger charge is -2.03. The minimum atomic E-state index is -0.378. The van der Waals surface area contributed by atoms with E-state index >= 15 is 0 Å². The molecule has 0 atom stereocenters. The molecule has 0 aliphatic rings. The van der Waals surface area contributed by atoms with Crippen molar-refractivity contribution in [3.8, 4) is 0 Å². The third-order valence-corrected chi connectivity index (χ3v) is 3.42. The predicted molar refractivity (Wildman–Crippen MR) is 70.8 cm³/mol. The Morgan fingerprint density at radius 1 is 1.39 bits per heavy atom. The molecule has 5 nitrogen and oxygen atoms in total. The van der Waals surface area contributed by atoms with E-state index in [0.29, 0.717) is 23.0 Å². The highest BCUT2D eigenvalue weighted by atomic mass is 35.5. The first-order chi connectivity index (χ1) is 8.66. The number of para-hydroxylation sites is 1. The van der Waals surface area contributed by atoms with Crippen molar-refractivity contribution >= 4 is 28.6 Å². The van der Waals surface area contributed by atoms with Gasteiger partial charge in [0, 0.05) is 24.7 Å². The van der Waals surface area contributed by atoms with Crippen LogP contribution in [0.5, 0.6) is 0 Å². The van der Waals surface area contributed by atoms with Crippen molar-refractivity contribution in [3.63, 3.8) is 0 Å². The van der Waals surface area contributed by atoms with Crippen molar-refractivity contribution < 1.29 is 4.92 Å². The highest BCUT2D eigenvalue weighted by Gasteiger charge is 2.11. The summed E-state index contributed by atoms with van der Waals surface area (Å²) >= 11 is 7.15. The van der Waals surface area contributed by atoms with Crippen molar-refractivity contribution in [1.29, 1.82) is 0 Å². The number of nitrogens with zero attached hydrogens (tertiary/aromatic N) is 2. The predicted octanol–water partition coefficient (Wildman–Crippen LogP) is 2.99. The molecule has 0 fully saturated rings. The van der Waals surface area contributed by atoms with Crippen LogP contribution in [0, 0.1) is 10.1 Å². The van der Waals surface area contributed by atoms with Crippen LogP contribution in [0.1, 0.15) is 10.6 Å². The maximum atomic E-state index is 10.8. The van der Waals surface area contributed by atoms with E-state index in [4.69, 9.17) is 11.6 Å². The molecule has 2 rings (SSSR count). The lowest BCUT2D eigenvalue weighted by atomic mass is 10.2. The van der Waals surface area contributed by atoms with Gasteiger partial charge in [-0.25, -0.2) is 4.98 Å². The van der Waals surface area contributed by atoms with Crippen molar-refractivity contribution in [3.05, 3.63) is 55.5 Å². The molecule has 0 amide bonds. The van der Waals surface area contributed by atoms with Gasteiger partial charge < -0.3 is 5.32 Å². The van der Waals surface area contributed by atoms with Crippen LogP contribution >= 0.6 is 22.9 Å². The highest BCUT2D eigenvalue weighted by molar-refractivity contribution is 7.15. The van der Waals surface area contributed by atoms with E-state index in [0.717, 1.165) is 5.01 Å². The van der Waals surface area contributed by atoms with Crippen LogP contribution in [0.15, 0.2) is 30.5 Å². The Morgan fingerprint density at radius 2 is 2.17 bits per heavy atom. The zero-order valence-electron chi connectivity index (χ0n) is 9.30. The Bertz CT molecular complexity index is 559. The smallest absolute Gasteiger partial charge is 0.273 e. The zero-order chi connectivity index (χ0) is 13.0. The minimum absolute atomic E-state index is 0.127. The average Bonchev–Trinajstić information content (AvgIpc) is 2.75. The normalized spacial score (nSPS) is 10.5. The molecule has 1 N–H and O–H groups in total. The number of nitro groups is 1. The van der Waals surface area contributed by atoms with Crippen LogP contribution in [-0.2, 0) is 13.1 Å². The second-order valence-electron chi connectivity index (χ2n) is 3.55. The number of hydrogen-bond donors (Lipinski definition) is 1. The minimum Gasteiger partial charge on any atom is -0.306 e. The van der Waals surface area contributed by atoms with Gasteiger partial charge in [-0.1, -0.05) is 29.8 Å². The molecule has 2 aromatic rings. The number of nitrogens with one attached hydrogen (secondary N) is 1. The molecule has 0 radical (unpaired) electrons. The van der Waals surface area contributed by atoms with Gasteiger partial charge in [0.15, 0.2) is 0 Å². The van der Waals surface area contributed by atoms with Gasteiger partial charge in [0.2, 0.25) is 0 Å². The Hall–Kier alpha value is -1.50. The molecule has 94 valence electrons. The molecule has 0 aliphatic carbocycles. The summed E-state index contributed by atoms with van der Waals surface area (Å²) in [5.74, 6) is 0. The molecular formula is C11H10ClN3O2S. The van der Waals surface area contributed by atoms with Gasteiger partial charge in [-0.15, -0.1) is 11.3 Å². The summed E-state index contributed by atoms with van der Waals surface area (Å²) in [6.07, 6.45) is 1.59. The summed E-state index contributed by atoms with van der Waals surface area (Å²) in [6, 6.07) is 6.67. The molecule has 1 aromatic heterocycles. The van der Waals surface area contributed by atoms with Crippen LogP contribution < -0.4 is 5.32 Å². The fraction of sp³-hybridized carbons (Fsp3) is 0.182. The van der Waals surface area contributed by atoms with E-state index in [2.05, 4.69) is 10.3 Å². The van der Waals surface area contributed by atoms with Crippen molar-refractivity contribution in [2.24, 2.45) is 0 Å². The maximum absolute atomic E-state index is 10.8. The molecular weight excluding hydrogens is 274 g/mol. The van der Waals surface area contributed by atoms with Crippen molar-refractivity contribution in [2.75, 3.05) is 0 Å². The van der Waals surface area contributed by atoms with E-state index in [1.54, 1.807) is 24.4 Å². The van der Waals surface area contributed by atoms with Crippen molar-refractivity contribution in [1.82, 2.24) is 10.3 Å². The molecule has 1 heterocycles. The number of rotatable bonds is 5. The van der Waals surface area contributed by atoms with Crippen LogP contribution in [0.2, 0.25) is 4.34 Å². The molecule has 0 saturated carbocycles. The van der Waals surface area contributed by atoms with E-state index in [1.807, 2.05) is 0 Å². The summed E-state index contributed by atoms with van der Waals surface area (Å²) in [4.78, 5) is 14.5. The number of hydrogen-bond acceptors (Lipinski definition) is 5. The van der Waals surface area contributed by atoms with Crippen LogP contribution in [0.4, 0.5) is 5.69 Å². The van der Waals surface area contributed by atoms with Crippen LogP contribution in [0.3, 0.4) is 0 Å². The number of benzene rings is 1. The molecule has 1 aromatic carbocycles. The summed E-state index contributed by atoms with van der Waals surface area (Å²) in [5, 5.41) is 14.8. The Morgan fingerprint density at radius 3 is 2.83 bits per heavy atom. The first-order valence-corrected chi connectivity index (χ1v) is 6.39. The fourth-order valence-corrected chi connectivity index (χ4v) is 2.44. The Balaban J connectivity index is 1.96. The van der Waals surface area contributed by atoms with Gasteiger partial charge in [0.25, 0.3) is 5.69 Å².